The van der Waals surface area contributed by atoms with E-state index in [9.17, 15) is 13.2 Å². The highest BCUT2D eigenvalue weighted by Gasteiger charge is 2.27. The quantitative estimate of drug-likeness (QED) is 0.406. The SMILES string of the molecule is CC[C@@H](Sc1ccc(Cl)cc1)C(=O)NCCOc1ccc(S(=O)(=O)N2CCCC2)cc1. The zero-order valence-corrected chi connectivity index (χ0v) is 19.8. The first-order chi connectivity index (χ1) is 14.9. The van der Waals surface area contributed by atoms with Crippen molar-refractivity contribution in [2.75, 3.05) is 26.2 Å². The van der Waals surface area contributed by atoms with E-state index in [1.807, 2.05) is 31.2 Å². The van der Waals surface area contributed by atoms with Crippen LogP contribution < -0.4 is 10.1 Å². The first-order valence-electron chi connectivity index (χ1n) is 10.3. The standard InChI is InChI=1S/C22H27ClN2O4S2/c1-2-21(30-19-9-5-17(23)6-10-19)22(26)24-13-16-29-18-7-11-20(12-8-18)31(27,28)25-14-3-4-15-25/h5-12,21H,2-4,13-16H2,1H3,(H,24,26)/t21-/m1/s1. The number of ether oxygens (including phenoxy) is 1. The highest BCUT2D eigenvalue weighted by molar-refractivity contribution is 8.00. The van der Waals surface area contributed by atoms with Gasteiger partial charge in [0, 0.05) is 23.0 Å². The molecule has 0 radical (unpaired) electrons. The number of halogens is 1. The molecule has 3 rings (SSSR count). The zero-order valence-electron chi connectivity index (χ0n) is 17.4. The lowest BCUT2D eigenvalue weighted by Gasteiger charge is -2.16. The fourth-order valence-electron chi connectivity index (χ4n) is 3.24. The Labute approximate surface area is 193 Å². The van der Waals surface area contributed by atoms with Gasteiger partial charge in [-0.1, -0.05) is 18.5 Å². The van der Waals surface area contributed by atoms with Gasteiger partial charge in [0.15, 0.2) is 0 Å². The molecule has 1 fully saturated rings. The molecular formula is C22H27ClN2O4S2. The van der Waals surface area contributed by atoms with Gasteiger partial charge in [0.1, 0.15) is 12.4 Å². The van der Waals surface area contributed by atoms with E-state index in [0.29, 0.717) is 43.4 Å². The van der Waals surface area contributed by atoms with Crippen molar-refractivity contribution in [3.63, 3.8) is 0 Å². The summed E-state index contributed by atoms with van der Waals surface area (Å²) in [5, 5.41) is 3.36. The van der Waals surface area contributed by atoms with Crippen molar-refractivity contribution in [3.8, 4) is 5.75 Å². The van der Waals surface area contributed by atoms with Crippen LogP contribution in [0.1, 0.15) is 26.2 Å². The van der Waals surface area contributed by atoms with E-state index >= 15 is 0 Å². The lowest BCUT2D eigenvalue weighted by atomic mass is 10.3. The van der Waals surface area contributed by atoms with Crippen LogP contribution in [0.15, 0.2) is 58.3 Å². The van der Waals surface area contributed by atoms with Gasteiger partial charge in [-0.15, -0.1) is 11.8 Å². The second-order valence-corrected chi connectivity index (χ2v) is 10.8. The molecule has 31 heavy (non-hydrogen) atoms. The number of nitrogens with zero attached hydrogens (tertiary/aromatic N) is 1. The minimum Gasteiger partial charge on any atom is -0.492 e. The molecule has 0 saturated carbocycles. The third kappa shape index (κ3) is 6.62. The smallest absolute Gasteiger partial charge is 0.243 e. The molecule has 0 aliphatic carbocycles. The van der Waals surface area contributed by atoms with Gasteiger partial charge in [-0.25, -0.2) is 8.42 Å². The van der Waals surface area contributed by atoms with Gasteiger partial charge in [0.25, 0.3) is 0 Å². The van der Waals surface area contributed by atoms with Crippen LogP contribution in [0, 0.1) is 0 Å². The van der Waals surface area contributed by atoms with Crippen LogP contribution in [0.5, 0.6) is 5.75 Å². The molecule has 1 aliphatic heterocycles. The van der Waals surface area contributed by atoms with Gasteiger partial charge in [0.05, 0.1) is 16.7 Å². The number of amides is 1. The summed E-state index contributed by atoms with van der Waals surface area (Å²) in [6, 6.07) is 13.9. The van der Waals surface area contributed by atoms with E-state index < -0.39 is 10.0 Å². The molecule has 1 amide bonds. The molecule has 2 aromatic rings. The molecule has 0 aromatic heterocycles. The number of carbonyl (C=O) groups is 1. The normalized spacial score (nSPS) is 15.5. The van der Waals surface area contributed by atoms with Crippen LogP contribution in [0.2, 0.25) is 5.02 Å². The Hall–Kier alpha value is -1.74. The van der Waals surface area contributed by atoms with Gasteiger partial charge in [-0.05, 0) is 67.8 Å². The summed E-state index contributed by atoms with van der Waals surface area (Å²) in [6.07, 6.45) is 2.51. The largest absolute Gasteiger partial charge is 0.492 e. The Morgan fingerprint density at radius 2 is 1.77 bits per heavy atom. The second-order valence-electron chi connectivity index (χ2n) is 7.19. The van der Waals surface area contributed by atoms with Crippen LogP contribution in [-0.2, 0) is 14.8 Å². The van der Waals surface area contributed by atoms with Crippen LogP contribution in [-0.4, -0.2) is 50.1 Å². The van der Waals surface area contributed by atoms with Crippen LogP contribution in [0.3, 0.4) is 0 Å². The van der Waals surface area contributed by atoms with Crippen LogP contribution in [0.4, 0.5) is 0 Å². The van der Waals surface area contributed by atoms with Crippen molar-refractivity contribution in [2.45, 2.75) is 41.2 Å². The van der Waals surface area contributed by atoms with E-state index in [2.05, 4.69) is 5.32 Å². The summed E-state index contributed by atoms with van der Waals surface area (Å²) in [7, 11) is -3.42. The summed E-state index contributed by atoms with van der Waals surface area (Å²) < 4.78 is 32.3. The van der Waals surface area contributed by atoms with Crippen LogP contribution >= 0.6 is 23.4 Å². The Kier molecular flexibility index (Phi) is 8.66. The number of sulfonamides is 1. The van der Waals surface area contributed by atoms with Crippen molar-refractivity contribution in [3.05, 3.63) is 53.6 Å². The van der Waals surface area contributed by atoms with Gasteiger partial charge in [-0.3, -0.25) is 4.79 Å². The Morgan fingerprint density at radius 1 is 1.13 bits per heavy atom. The molecule has 1 saturated heterocycles. The van der Waals surface area contributed by atoms with E-state index in [0.717, 1.165) is 17.7 Å². The first-order valence-corrected chi connectivity index (χ1v) is 13.0. The molecular weight excluding hydrogens is 456 g/mol. The number of rotatable bonds is 10. The summed E-state index contributed by atoms with van der Waals surface area (Å²) in [4.78, 5) is 13.7. The Balaban J connectivity index is 1.44. The molecule has 1 heterocycles. The maximum atomic E-state index is 12.6. The molecule has 168 valence electrons. The van der Waals surface area contributed by atoms with Crippen molar-refractivity contribution in [2.24, 2.45) is 0 Å². The molecule has 1 aliphatic rings. The summed E-state index contributed by atoms with van der Waals surface area (Å²) in [5.74, 6) is 0.523. The van der Waals surface area contributed by atoms with Gasteiger partial charge in [-0.2, -0.15) is 4.31 Å². The maximum Gasteiger partial charge on any atom is 0.243 e. The molecule has 1 atom stereocenters. The number of nitrogens with one attached hydrogen (secondary N) is 1. The van der Waals surface area contributed by atoms with Gasteiger partial charge in [0.2, 0.25) is 15.9 Å². The summed E-state index contributed by atoms with van der Waals surface area (Å²) in [5.41, 5.74) is 0. The summed E-state index contributed by atoms with van der Waals surface area (Å²) >= 11 is 7.41. The molecule has 0 spiro atoms. The third-order valence-corrected chi connectivity index (χ3v) is 8.49. The van der Waals surface area contributed by atoms with Gasteiger partial charge >= 0.3 is 0 Å². The minimum absolute atomic E-state index is 0.0434. The Bertz CT molecular complexity index is 960. The number of carbonyl (C=O) groups excluding carboxylic acids is 1. The van der Waals surface area contributed by atoms with Crippen LogP contribution in [0.25, 0.3) is 0 Å². The third-order valence-electron chi connectivity index (χ3n) is 4.95. The highest BCUT2D eigenvalue weighted by Crippen LogP contribution is 2.27. The molecule has 1 N–H and O–H groups in total. The number of hydrogen-bond acceptors (Lipinski definition) is 5. The highest BCUT2D eigenvalue weighted by atomic mass is 35.5. The predicted molar refractivity (Wildman–Crippen MR) is 124 cm³/mol. The number of benzene rings is 2. The van der Waals surface area contributed by atoms with Crippen molar-refractivity contribution in [1.82, 2.24) is 9.62 Å². The predicted octanol–water partition coefficient (Wildman–Crippen LogP) is 4.19. The summed E-state index contributed by atoms with van der Waals surface area (Å²) in [6.45, 7) is 3.79. The molecule has 0 unspecified atom stereocenters. The van der Waals surface area contributed by atoms with Crippen molar-refractivity contribution >= 4 is 39.3 Å². The fraction of sp³-hybridized carbons (Fsp3) is 0.409. The fourth-order valence-corrected chi connectivity index (χ4v) is 5.86. The minimum atomic E-state index is -3.42. The van der Waals surface area contributed by atoms with Gasteiger partial charge < -0.3 is 10.1 Å². The van der Waals surface area contributed by atoms with E-state index in [1.165, 1.54) is 16.1 Å². The average Bonchev–Trinajstić information content (AvgIpc) is 3.32. The van der Waals surface area contributed by atoms with E-state index in [1.54, 1.807) is 24.3 Å². The molecule has 6 nitrogen and oxygen atoms in total. The average molecular weight is 483 g/mol. The Morgan fingerprint density at radius 3 is 2.39 bits per heavy atom. The molecule has 9 heteroatoms. The lowest BCUT2D eigenvalue weighted by Crippen LogP contribution is -2.35. The second kappa shape index (κ2) is 11.2. The first kappa shape index (κ1) is 23.9. The number of thioether (sulfide) groups is 1. The van der Waals surface area contributed by atoms with E-state index in [-0.39, 0.29) is 16.1 Å². The topological polar surface area (TPSA) is 75.7 Å². The van der Waals surface area contributed by atoms with E-state index in [4.69, 9.17) is 16.3 Å². The monoisotopic (exact) mass is 482 g/mol. The van der Waals surface area contributed by atoms with Crippen molar-refractivity contribution in [1.29, 1.82) is 0 Å². The zero-order chi connectivity index (χ0) is 22.3. The maximum absolute atomic E-state index is 12.6. The lowest BCUT2D eigenvalue weighted by molar-refractivity contribution is -0.120. The molecule has 2 aromatic carbocycles. The van der Waals surface area contributed by atoms with Crippen molar-refractivity contribution < 1.29 is 17.9 Å². The molecule has 0 bridgehead atoms. The number of hydrogen-bond donors (Lipinski definition) is 1.